The summed E-state index contributed by atoms with van der Waals surface area (Å²) >= 11 is 3.11. The van der Waals surface area contributed by atoms with Crippen molar-refractivity contribution < 1.29 is 13.5 Å². The third kappa shape index (κ3) is 2.52. The van der Waals surface area contributed by atoms with Crippen LogP contribution < -0.4 is 4.74 Å². The summed E-state index contributed by atoms with van der Waals surface area (Å²) in [7, 11) is 0. The van der Waals surface area contributed by atoms with Crippen LogP contribution in [0.25, 0.3) is 0 Å². The Kier molecular flexibility index (Phi) is 3.09. The molecule has 2 aromatic rings. The molecule has 0 amide bonds. The molecule has 0 radical (unpaired) electrons. The van der Waals surface area contributed by atoms with Crippen LogP contribution in [0.4, 0.5) is 8.78 Å². The van der Waals surface area contributed by atoms with E-state index in [-0.39, 0.29) is 11.6 Å². The maximum absolute atomic E-state index is 13.3. The van der Waals surface area contributed by atoms with E-state index in [1.165, 1.54) is 12.1 Å². The molecule has 0 aliphatic rings. The Morgan fingerprint density at radius 2 is 1.94 bits per heavy atom. The Bertz CT molecular complexity index is 522. The van der Waals surface area contributed by atoms with Crippen molar-refractivity contribution in [1.82, 2.24) is 9.97 Å². The first kappa shape index (κ1) is 10.9. The lowest BCUT2D eigenvalue weighted by Crippen LogP contribution is -1.93. The fraction of sp³-hybridized carbons (Fsp3) is 0. The molecule has 16 heavy (non-hydrogen) atoms. The van der Waals surface area contributed by atoms with Crippen molar-refractivity contribution in [3.8, 4) is 11.6 Å². The van der Waals surface area contributed by atoms with Crippen LogP contribution in [-0.4, -0.2) is 9.97 Å². The van der Waals surface area contributed by atoms with Crippen molar-refractivity contribution in [3.63, 3.8) is 0 Å². The topological polar surface area (TPSA) is 35.0 Å². The zero-order valence-corrected chi connectivity index (χ0v) is 9.41. The second-order valence-electron chi connectivity index (χ2n) is 2.86. The molecular formula is C10H5BrF2N2O. The summed E-state index contributed by atoms with van der Waals surface area (Å²) in [5, 5.41) is 0. The monoisotopic (exact) mass is 286 g/mol. The smallest absolute Gasteiger partial charge is 0.225 e. The molecule has 0 unspecified atom stereocenters. The largest absolute Gasteiger partial charge is 0.436 e. The zero-order chi connectivity index (χ0) is 11.5. The number of halogens is 3. The van der Waals surface area contributed by atoms with Crippen LogP contribution in [0, 0.1) is 11.8 Å². The highest BCUT2D eigenvalue weighted by Crippen LogP contribution is 2.25. The van der Waals surface area contributed by atoms with E-state index in [9.17, 15) is 8.78 Å². The predicted molar refractivity (Wildman–Crippen MR) is 56.2 cm³/mol. The Balaban J connectivity index is 2.27. The molecule has 0 bridgehead atoms. The van der Waals surface area contributed by atoms with Gasteiger partial charge in [-0.1, -0.05) is 15.9 Å². The molecule has 0 aliphatic carbocycles. The van der Waals surface area contributed by atoms with Crippen LogP contribution in [0.2, 0.25) is 0 Å². The van der Waals surface area contributed by atoms with E-state index in [1.807, 2.05) is 0 Å². The van der Waals surface area contributed by atoms with E-state index < -0.39 is 11.8 Å². The van der Waals surface area contributed by atoms with Crippen molar-refractivity contribution in [3.05, 3.63) is 46.8 Å². The molecule has 0 saturated heterocycles. The van der Waals surface area contributed by atoms with Crippen molar-refractivity contribution in [2.75, 3.05) is 0 Å². The van der Waals surface area contributed by atoms with Gasteiger partial charge in [0.1, 0.15) is 6.33 Å². The summed E-state index contributed by atoms with van der Waals surface area (Å²) in [5.41, 5.74) is 0. The molecule has 1 heterocycles. The highest BCUT2D eigenvalue weighted by molar-refractivity contribution is 9.10. The minimum Gasteiger partial charge on any atom is -0.436 e. The van der Waals surface area contributed by atoms with Crippen LogP contribution in [0.3, 0.4) is 0 Å². The minimum absolute atomic E-state index is 0.0266. The minimum atomic E-state index is -0.734. The molecule has 6 heteroatoms. The molecule has 0 fully saturated rings. The first-order chi connectivity index (χ1) is 7.65. The molecule has 0 N–H and O–H groups in total. The maximum atomic E-state index is 13.3. The number of hydrogen-bond acceptors (Lipinski definition) is 3. The van der Waals surface area contributed by atoms with E-state index in [0.29, 0.717) is 4.47 Å². The van der Waals surface area contributed by atoms with Gasteiger partial charge in [-0.15, -0.1) is 0 Å². The van der Waals surface area contributed by atoms with Crippen molar-refractivity contribution in [1.29, 1.82) is 0 Å². The SMILES string of the molecule is Fc1cc(Oc2ccc(Br)cc2F)ncn1. The Hall–Kier alpha value is -1.56. The molecule has 1 aromatic carbocycles. The third-order valence-corrected chi connectivity index (χ3v) is 2.21. The normalized spacial score (nSPS) is 10.2. The predicted octanol–water partition coefficient (Wildman–Crippen LogP) is 3.31. The van der Waals surface area contributed by atoms with E-state index >= 15 is 0 Å². The lowest BCUT2D eigenvalue weighted by molar-refractivity contribution is 0.419. The summed E-state index contributed by atoms with van der Waals surface area (Å²) in [4.78, 5) is 6.91. The fourth-order valence-electron chi connectivity index (χ4n) is 1.04. The summed E-state index contributed by atoms with van der Waals surface area (Å²) in [6, 6.07) is 5.24. The number of benzene rings is 1. The van der Waals surface area contributed by atoms with E-state index in [4.69, 9.17) is 4.74 Å². The second kappa shape index (κ2) is 4.52. The first-order valence-electron chi connectivity index (χ1n) is 4.25. The van der Waals surface area contributed by atoms with Gasteiger partial charge in [-0.25, -0.2) is 14.4 Å². The first-order valence-corrected chi connectivity index (χ1v) is 5.05. The van der Waals surface area contributed by atoms with Gasteiger partial charge >= 0.3 is 0 Å². The average molecular weight is 287 g/mol. The molecule has 0 spiro atoms. The summed E-state index contributed by atoms with van der Waals surface area (Å²) in [5.74, 6) is -1.37. The van der Waals surface area contributed by atoms with Gasteiger partial charge in [0.15, 0.2) is 11.6 Å². The molecule has 0 saturated carbocycles. The van der Waals surface area contributed by atoms with Crippen molar-refractivity contribution in [2.45, 2.75) is 0 Å². The molecule has 3 nitrogen and oxygen atoms in total. The van der Waals surface area contributed by atoms with Gasteiger partial charge in [-0.3, -0.25) is 0 Å². The zero-order valence-electron chi connectivity index (χ0n) is 7.82. The van der Waals surface area contributed by atoms with Crippen LogP contribution in [0.15, 0.2) is 35.1 Å². The van der Waals surface area contributed by atoms with Gasteiger partial charge in [-0.05, 0) is 18.2 Å². The highest BCUT2D eigenvalue weighted by atomic mass is 79.9. The summed E-state index contributed by atoms with van der Waals surface area (Å²) in [6.45, 7) is 0. The number of aromatic nitrogens is 2. The van der Waals surface area contributed by atoms with Crippen molar-refractivity contribution in [2.24, 2.45) is 0 Å². The molecule has 0 atom stereocenters. The number of hydrogen-bond donors (Lipinski definition) is 0. The summed E-state index contributed by atoms with van der Waals surface area (Å²) in [6.07, 6.45) is 1.00. The Labute approximate surface area is 98.2 Å². The summed E-state index contributed by atoms with van der Waals surface area (Å²) < 4.78 is 31.7. The lowest BCUT2D eigenvalue weighted by Gasteiger charge is -2.05. The number of nitrogens with zero attached hydrogens (tertiary/aromatic N) is 2. The Morgan fingerprint density at radius 3 is 2.62 bits per heavy atom. The molecule has 1 aromatic heterocycles. The second-order valence-corrected chi connectivity index (χ2v) is 3.77. The molecule has 82 valence electrons. The van der Waals surface area contributed by atoms with Gasteiger partial charge in [0.25, 0.3) is 0 Å². The van der Waals surface area contributed by atoms with Gasteiger partial charge < -0.3 is 4.74 Å². The Morgan fingerprint density at radius 1 is 1.12 bits per heavy atom. The van der Waals surface area contributed by atoms with Gasteiger partial charge in [0, 0.05) is 4.47 Å². The molecular weight excluding hydrogens is 282 g/mol. The fourth-order valence-corrected chi connectivity index (χ4v) is 1.38. The van der Waals surface area contributed by atoms with Crippen LogP contribution in [0.1, 0.15) is 0 Å². The number of ether oxygens (including phenoxy) is 1. The van der Waals surface area contributed by atoms with Crippen LogP contribution in [-0.2, 0) is 0 Å². The highest BCUT2D eigenvalue weighted by Gasteiger charge is 2.06. The lowest BCUT2D eigenvalue weighted by atomic mass is 10.3. The maximum Gasteiger partial charge on any atom is 0.225 e. The average Bonchev–Trinajstić information content (AvgIpc) is 2.22. The van der Waals surface area contributed by atoms with E-state index in [0.717, 1.165) is 12.4 Å². The quantitative estimate of drug-likeness (QED) is 0.795. The van der Waals surface area contributed by atoms with Gasteiger partial charge in [0.05, 0.1) is 6.07 Å². The van der Waals surface area contributed by atoms with Gasteiger partial charge in [-0.2, -0.15) is 4.39 Å². The van der Waals surface area contributed by atoms with Gasteiger partial charge in [0.2, 0.25) is 11.8 Å². The number of rotatable bonds is 2. The van der Waals surface area contributed by atoms with Crippen LogP contribution in [0.5, 0.6) is 11.6 Å². The standard InChI is InChI=1S/C10H5BrF2N2O/c11-6-1-2-8(7(12)3-6)16-10-4-9(13)14-5-15-10/h1-5H. The molecule has 0 aliphatic heterocycles. The van der Waals surface area contributed by atoms with E-state index in [2.05, 4.69) is 25.9 Å². The van der Waals surface area contributed by atoms with E-state index in [1.54, 1.807) is 6.07 Å². The van der Waals surface area contributed by atoms with Crippen molar-refractivity contribution >= 4 is 15.9 Å². The third-order valence-electron chi connectivity index (χ3n) is 1.72. The molecule has 2 rings (SSSR count). The van der Waals surface area contributed by atoms with Crippen LogP contribution >= 0.6 is 15.9 Å².